The van der Waals surface area contributed by atoms with Gasteiger partial charge in [0.05, 0.1) is 11.3 Å². The number of nitrogens with one attached hydrogen (secondary N) is 1. The first-order chi connectivity index (χ1) is 8.50. The van der Waals surface area contributed by atoms with E-state index < -0.39 is 5.97 Å². The van der Waals surface area contributed by atoms with Crippen LogP contribution in [0.2, 0.25) is 0 Å². The summed E-state index contributed by atoms with van der Waals surface area (Å²) in [7, 11) is 4.12. The minimum atomic E-state index is -0.933. The zero-order valence-corrected chi connectivity index (χ0v) is 11.2. The molecule has 0 amide bonds. The van der Waals surface area contributed by atoms with Gasteiger partial charge in [-0.2, -0.15) is 0 Å². The molecule has 1 rings (SSSR count). The van der Waals surface area contributed by atoms with Crippen LogP contribution >= 0.6 is 0 Å². The van der Waals surface area contributed by atoms with E-state index in [0.717, 1.165) is 31.7 Å². The zero-order chi connectivity index (χ0) is 13.5. The van der Waals surface area contributed by atoms with Crippen molar-refractivity contribution in [3.63, 3.8) is 0 Å². The molecule has 0 aromatic carbocycles. The molecule has 0 aliphatic heterocycles. The molecule has 0 spiro atoms. The van der Waals surface area contributed by atoms with Crippen molar-refractivity contribution < 1.29 is 9.90 Å². The number of nitrogens with zero attached hydrogens (tertiary/aromatic N) is 2. The first-order valence-electron chi connectivity index (χ1n) is 6.10. The Morgan fingerprint density at radius 1 is 1.39 bits per heavy atom. The third kappa shape index (κ3) is 4.71. The number of rotatable bonds is 7. The van der Waals surface area contributed by atoms with Gasteiger partial charge in [0, 0.05) is 6.54 Å². The lowest BCUT2D eigenvalue weighted by atomic mass is 10.2. The number of aromatic nitrogens is 1. The maximum absolute atomic E-state index is 10.8. The number of carboxylic acids is 1. The third-order valence-corrected chi connectivity index (χ3v) is 2.65. The average molecular weight is 251 g/mol. The van der Waals surface area contributed by atoms with Crippen LogP contribution < -0.4 is 5.32 Å². The molecule has 5 heteroatoms. The summed E-state index contributed by atoms with van der Waals surface area (Å²) in [6, 6.07) is 3.30. The first-order valence-corrected chi connectivity index (χ1v) is 6.10. The first kappa shape index (κ1) is 14.4. The second kappa shape index (κ2) is 6.96. The van der Waals surface area contributed by atoms with Gasteiger partial charge in [-0.15, -0.1) is 0 Å². The third-order valence-electron chi connectivity index (χ3n) is 2.65. The molecule has 0 saturated heterocycles. The molecule has 100 valence electrons. The number of aromatic carboxylic acids is 1. The number of anilines is 1. The van der Waals surface area contributed by atoms with E-state index in [4.69, 9.17) is 5.11 Å². The van der Waals surface area contributed by atoms with E-state index >= 15 is 0 Å². The lowest BCUT2D eigenvalue weighted by Crippen LogP contribution is -2.14. The fourth-order valence-corrected chi connectivity index (χ4v) is 1.66. The minimum Gasteiger partial charge on any atom is -0.478 e. The Morgan fingerprint density at radius 3 is 2.67 bits per heavy atom. The average Bonchev–Trinajstić information content (AvgIpc) is 2.27. The summed E-state index contributed by atoms with van der Waals surface area (Å²) < 4.78 is 0. The fraction of sp³-hybridized carbons (Fsp3) is 0.538. The van der Waals surface area contributed by atoms with Crippen molar-refractivity contribution in [1.82, 2.24) is 9.88 Å². The summed E-state index contributed by atoms with van der Waals surface area (Å²) in [5.41, 5.74) is 0.800. The highest BCUT2D eigenvalue weighted by Gasteiger charge is 2.08. The van der Waals surface area contributed by atoms with Gasteiger partial charge in [0.1, 0.15) is 5.82 Å². The van der Waals surface area contributed by atoms with Gasteiger partial charge in [0.15, 0.2) is 0 Å². The number of aryl methyl sites for hydroxylation is 1. The van der Waals surface area contributed by atoms with Crippen LogP contribution in [0.25, 0.3) is 0 Å². The lowest BCUT2D eigenvalue weighted by Gasteiger charge is -2.10. The van der Waals surface area contributed by atoms with Gasteiger partial charge in [0.2, 0.25) is 0 Å². The van der Waals surface area contributed by atoms with Crippen LogP contribution in [0.5, 0.6) is 0 Å². The largest absolute Gasteiger partial charge is 0.478 e. The summed E-state index contributed by atoms with van der Waals surface area (Å²) in [5, 5.41) is 12.1. The molecule has 0 aliphatic rings. The van der Waals surface area contributed by atoms with E-state index in [1.165, 1.54) is 0 Å². The SMILES string of the molecule is Cc1nc(NCCCCN(C)C)ccc1C(=O)O. The van der Waals surface area contributed by atoms with Crippen molar-refractivity contribution in [2.75, 3.05) is 32.5 Å². The zero-order valence-electron chi connectivity index (χ0n) is 11.2. The van der Waals surface area contributed by atoms with Crippen LogP contribution in [0.1, 0.15) is 28.9 Å². The summed E-state index contributed by atoms with van der Waals surface area (Å²) in [4.78, 5) is 17.2. The molecule has 1 aromatic heterocycles. The van der Waals surface area contributed by atoms with E-state index in [1.807, 2.05) is 0 Å². The Labute approximate surface area is 108 Å². The van der Waals surface area contributed by atoms with Crippen molar-refractivity contribution >= 4 is 11.8 Å². The minimum absolute atomic E-state index is 0.258. The molecule has 2 N–H and O–H groups in total. The van der Waals surface area contributed by atoms with Crippen LogP contribution in [0.15, 0.2) is 12.1 Å². The Kier molecular flexibility index (Phi) is 5.58. The van der Waals surface area contributed by atoms with Crippen molar-refractivity contribution in [1.29, 1.82) is 0 Å². The highest BCUT2D eigenvalue weighted by atomic mass is 16.4. The highest BCUT2D eigenvalue weighted by molar-refractivity contribution is 5.89. The lowest BCUT2D eigenvalue weighted by molar-refractivity contribution is 0.0695. The number of pyridine rings is 1. The van der Waals surface area contributed by atoms with Gasteiger partial charge in [-0.25, -0.2) is 9.78 Å². The van der Waals surface area contributed by atoms with E-state index in [9.17, 15) is 4.79 Å². The molecule has 1 heterocycles. The van der Waals surface area contributed by atoms with Crippen LogP contribution in [0.3, 0.4) is 0 Å². The molecule has 0 saturated carbocycles. The van der Waals surface area contributed by atoms with Crippen molar-refractivity contribution in [3.8, 4) is 0 Å². The maximum Gasteiger partial charge on any atom is 0.337 e. The van der Waals surface area contributed by atoms with Gasteiger partial charge >= 0.3 is 5.97 Å². The van der Waals surface area contributed by atoms with E-state index in [2.05, 4.69) is 29.3 Å². The normalized spacial score (nSPS) is 10.7. The van der Waals surface area contributed by atoms with Crippen LogP contribution in [-0.4, -0.2) is 48.1 Å². The molecule has 1 aromatic rings. The van der Waals surface area contributed by atoms with Gasteiger partial charge in [-0.05, 0) is 52.5 Å². The Bertz CT molecular complexity index is 405. The van der Waals surface area contributed by atoms with Gasteiger partial charge in [-0.1, -0.05) is 0 Å². The summed E-state index contributed by atoms with van der Waals surface area (Å²) in [6.45, 7) is 3.64. The topological polar surface area (TPSA) is 65.5 Å². The molecule has 0 aliphatic carbocycles. The van der Waals surface area contributed by atoms with E-state index in [0.29, 0.717) is 5.69 Å². The smallest absolute Gasteiger partial charge is 0.337 e. The van der Waals surface area contributed by atoms with Crippen molar-refractivity contribution in [2.24, 2.45) is 0 Å². The molecule has 0 fully saturated rings. The molecular formula is C13H21N3O2. The number of unbranched alkanes of at least 4 members (excludes halogenated alkanes) is 1. The molecule has 18 heavy (non-hydrogen) atoms. The monoisotopic (exact) mass is 251 g/mol. The Balaban J connectivity index is 2.39. The van der Waals surface area contributed by atoms with Crippen LogP contribution in [-0.2, 0) is 0 Å². The second-order valence-electron chi connectivity index (χ2n) is 4.57. The number of hydrogen-bond donors (Lipinski definition) is 2. The molecule has 5 nitrogen and oxygen atoms in total. The fourth-order valence-electron chi connectivity index (χ4n) is 1.66. The predicted octanol–water partition coefficient (Wildman–Crippen LogP) is 1.84. The van der Waals surface area contributed by atoms with E-state index in [-0.39, 0.29) is 5.56 Å². The number of hydrogen-bond acceptors (Lipinski definition) is 4. The van der Waals surface area contributed by atoms with Crippen molar-refractivity contribution in [2.45, 2.75) is 19.8 Å². The second-order valence-corrected chi connectivity index (χ2v) is 4.57. The number of carboxylic acid groups (broad SMARTS) is 1. The predicted molar refractivity (Wildman–Crippen MR) is 72.2 cm³/mol. The Hall–Kier alpha value is -1.62. The van der Waals surface area contributed by atoms with Gasteiger partial charge < -0.3 is 15.3 Å². The molecule has 0 atom stereocenters. The summed E-state index contributed by atoms with van der Waals surface area (Å²) in [5.74, 6) is -0.195. The van der Waals surface area contributed by atoms with Crippen LogP contribution in [0.4, 0.5) is 5.82 Å². The molecular weight excluding hydrogens is 230 g/mol. The number of carbonyl (C=O) groups is 1. The Morgan fingerprint density at radius 2 is 2.11 bits per heavy atom. The van der Waals surface area contributed by atoms with Crippen molar-refractivity contribution in [3.05, 3.63) is 23.4 Å². The standard InChI is InChI=1S/C13H21N3O2/c1-10-11(13(17)18)6-7-12(15-10)14-8-4-5-9-16(2)3/h6-7H,4-5,8-9H2,1-3H3,(H,14,15)(H,17,18). The quantitative estimate of drug-likeness (QED) is 0.724. The van der Waals surface area contributed by atoms with Gasteiger partial charge in [0.25, 0.3) is 0 Å². The van der Waals surface area contributed by atoms with Gasteiger partial charge in [-0.3, -0.25) is 0 Å². The van der Waals surface area contributed by atoms with Crippen LogP contribution in [0, 0.1) is 6.92 Å². The molecule has 0 bridgehead atoms. The highest BCUT2D eigenvalue weighted by Crippen LogP contribution is 2.10. The van der Waals surface area contributed by atoms with E-state index in [1.54, 1.807) is 19.1 Å². The molecule has 0 unspecified atom stereocenters. The maximum atomic E-state index is 10.8. The summed E-state index contributed by atoms with van der Waals surface area (Å²) in [6.07, 6.45) is 2.20. The molecule has 0 radical (unpaired) electrons. The summed E-state index contributed by atoms with van der Waals surface area (Å²) >= 11 is 0.